The van der Waals surface area contributed by atoms with Crippen molar-refractivity contribution in [3.05, 3.63) is 72.6 Å². The molecular formula is C27H29N7O2. The van der Waals surface area contributed by atoms with Crippen molar-refractivity contribution in [1.29, 1.82) is 5.26 Å². The van der Waals surface area contributed by atoms with Gasteiger partial charge in [-0.3, -0.25) is 4.79 Å². The second-order valence-electron chi connectivity index (χ2n) is 8.90. The Balaban J connectivity index is 1.38. The predicted octanol–water partition coefficient (Wildman–Crippen LogP) is 3.59. The molecule has 1 amide bonds. The second-order valence-corrected chi connectivity index (χ2v) is 8.90. The number of anilines is 2. The number of carbonyl (C=O) groups excluding carboxylic acids is 1. The van der Waals surface area contributed by atoms with Crippen LogP contribution in [0.1, 0.15) is 12.8 Å². The molecule has 1 heterocycles. The van der Waals surface area contributed by atoms with Gasteiger partial charge in [-0.1, -0.05) is 30.3 Å². The van der Waals surface area contributed by atoms with E-state index >= 15 is 0 Å². The third-order valence-electron chi connectivity index (χ3n) is 5.84. The van der Waals surface area contributed by atoms with Gasteiger partial charge in [0.15, 0.2) is 0 Å². The van der Waals surface area contributed by atoms with Crippen molar-refractivity contribution in [1.82, 2.24) is 20.2 Å². The molecule has 1 aliphatic rings. The molecule has 0 saturated heterocycles. The smallest absolute Gasteiger partial charge is 0.261 e. The number of carbonyl (C=O) groups is 1. The van der Waals surface area contributed by atoms with Gasteiger partial charge in [-0.25, -0.2) is 9.97 Å². The summed E-state index contributed by atoms with van der Waals surface area (Å²) in [4.78, 5) is 22.9. The maximum Gasteiger partial charge on any atom is 0.261 e. The SMILES string of the molecule is CN(C)C/C=C(\C#N)C(=O)N[C@H]1C[C@H](Nc2ncnc(N)c2-c2ccc(Oc3ccccc3)cc2)C1. The number of nitrogen functional groups attached to an aromatic ring is 1. The average molecular weight is 484 g/mol. The lowest BCUT2D eigenvalue weighted by Gasteiger charge is -2.37. The highest BCUT2D eigenvalue weighted by Gasteiger charge is 2.32. The van der Waals surface area contributed by atoms with E-state index in [1.54, 1.807) is 6.08 Å². The minimum atomic E-state index is -0.340. The lowest BCUT2D eigenvalue weighted by molar-refractivity contribution is -0.118. The fourth-order valence-corrected chi connectivity index (χ4v) is 3.88. The molecule has 9 nitrogen and oxygen atoms in total. The van der Waals surface area contributed by atoms with Gasteiger partial charge < -0.3 is 26.0 Å². The zero-order valence-corrected chi connectivity index (χ0v) is 20.3. The number of nitrogens with one attached hydrogen (secondary N) is 2. The number of para-hydroxylation sites is 1. The molecule has 0 spiro atoms. The molecule has 9 heteroatoms. The van der Waals surface area contributed by atoms with Gasteiger partial charge in [0.1, 0.15) is 41.1 Å². The molecule has 1 aromatic heterocycles. The third kappa shape index (κ3) is 6.17. The van der Waals surface area contributed by atoms with Crippen LogP contribution in [0.25, 0.3) is 11.1 Å². The lowest BCUT2D eigenvalue weighted by atomic mass is 9.86. The minimum absolute atomic E-state index is 0.0110. The zero-order valence-electron chi connectivity index (χ0n) is 20.3. The number of hydrogen-bond acceptors (Lipinski definition) is 8. The van der Waals surface area contributed by atoms with Crippen LogP contribution in [0.4, 0.5) is 11.6 Å². The van der Waals surface area contributed by atoms with Gasteiger partial charge in [-0.2, -0.15) is 5.26 Å². The van der Waals surface area contributed by atoms with Crippen molar-refractivity contribution in [2.75, 3.05) is 31.7 Å². The summed E-state index contributed by atoms with van der Waals surface area (Å²) < 4.78 is 5.88. The normalized spacial score (nSPS) is 17.1. The number of rotatable bonds is 9. The highest BCUT2D eigenvalue weighted by molar-refractivity contribution is 5.97. The Labute approximate surface area is 210 Å². The fraction of sp³-hybridized carbons (Fsp3) is 0.259. The lowest BCUT2D eigenvalue weighted by Crippen LogP contribution is -2.50. The molecule has 1 aliphatic carbocycles. The average Bonchev–Trinajstić information content (AvgIpc) is 2.84. The fourth-order valence-electron chi connectivity index (χ4n) is 3.88. The monoisotopic (exact) mass is 483 g/mol. The molecule has 0 radical (unpaired) electrons. The van der Waals surface area contributed by atoms with Gasteiger partial charge in [0, 0.05) is 18.6 Å². The second kappa shape index (κ2) is 11.3. The molecule has 0 aliphatic heterocycles. The number of nitrogens with two attached hydrogens (primary N) is 1. The first kappa shape index (κ1) is 24.7. The maximum absolute atomic E-state index is 12.4. The summed E-state index contributed by atoms with van der Waals surface area (Å²) in [6.45, 7) is 0.530. The van der Waals surface area contributed by atoms with Gasteiger partial charge in [0.2, 0.25) is 0 Å². The van der Waals surface area contributed by atoms with E-state index in [-0.39, 0.29) is 23.6 Å². The van der Waals surface area contributed by atoms with Crippen LogP contribution in [0.3, 0.4) is 0 Å². The van der Waals surface area contributed by atoms with Gasteiger partial charge in [0.05, 0.1) is 5.56 Å². The summed E-state index contributed by atoms with van der Waals surface area (Å²) in [5.41, 5.74) is 7.94. The summed E-state index contributed by atoms with van der Waals surface area (Å²) in [5.74, 6) is 2.14. The molecule has 36 heavy (non-hydrogen) atoms. The number of likely N-dealkylation sites (N-methyl/N-ethyl adjacent to an activating group) is 1. The molecule has 0 atom stereocenters. The first-order chi connectivity index (χ1) is 17.4. The van der Waals surface area contributed by atoms with Gasteiger partial charge in [-0.15, -0.1) is 0 Å². The van der Waals surface area contributed by atoms with E-state index in [9.17, 15) is 10.1 Å². The van der Waals surface area contributed by atoms with Gasteiger partial charge in [0.25, 0.3) is 5.91 Å². The van der Waals surface area contributed by atoms with Crippen LogP contribution in [-0.2, 0) is 4.79 Å². The van der Waals surface area contributed by atoms with E-state index in [4.69, 9.17) is 10.5 Å². The minimum Gasteiger partial charge on any atom is -0.457 e. The van der Waals surface area contributed by atoms with Gasteiger partial charge in [-0.05, 0) is 62.8 Å². The summed E-state index contributed by atoms with van der Waals surface area (Å²) in [6.07, 6.45) is 4.49. The van der Waals surface area contributed by atoms with Crippen LogP contribution < -0.4 is 21.1 Å². The molecular weight excluding hydrogens is 454 g/mol. The summed E-state index contributed by atoms with van der Waals surface area (Å²) in [5, 5.41) is 15.6. The Morgan fingerprint density at radius 2 is 1.81 bits per heavy atom. The number of ether oxygens (including phenoxy) is 1. The number of benzene rings is 2. The van der Waals surface area contributed by atoms with E-state index < -0.39 is 0 Å². The molecule has 2 aromatic carbocycles. The van der Waals surface area contributed by atoms with Crippen LogP contribution in [0.5, 0.6) is 11.5 Å². The first-order valence-corrected chi connectivity index (χ1v) is 11.7. The van der Waals surface area contributed by atoms with Crippen molar-refractivity contribution in [3.8, 4) is 28.7 Å². The molecule has 4 N–H and O–H groups in total. The molecule has 0 bridgehead atoms. The summed E-state index contributed by atoms with van der Waals surface area (Å²) >= 11 is 0. The van der Waals surface area contributed by atoms with E-state index in [0.717, 1.165) is 16.9 Å². The van der Waals surface area contributed by atoms with E-state index in [2.05, 4.69) is 20.6 Å². The van der Waals surface area contributed by atoms with E-state index in [1.807, 2.05) is 79.7 Å². The Morgan fingerprint density at radius 1 is 1.11 bits per heavy atom. The van der Waals surface area contributed by atoms with Crippen molar-refractivity contribution in [2.45, 2.75) is 24.9 Å². The number of nitriles is 1. The van der Waals surface area contributed by atoms with Crippen molar-refractivity contribution in [3.63, 3.8) is 0 Å². The van der Waals surface area contributed by atoms with Crippen LogP contribution in [0, 0.1) is 11.3 Å². The standard InChI is InChI=1S/C27H29N7O2/c1-34(2)13-12-19(16-28)27(35)33-21-14-20(15-21)32-26-24(25(29)30-17-31-26)18-8-10-23(11-9-18)36-22-6-4-3-5-7-22/h3-12,17,20-21H,13-15H2,1-2H3,(H,33,35)(H3,29,30,31,32)/b19-12+/t20-,21-. The molecule has 4 rings (SSSR count). The number of aromatic nitrogens is 2. The quantitative estimate of drug-likeness (QED) is 0.311. The van der Waals surface area contributed by atoms with E-state index in [1.165, 1.54) is 6.33 Å². The Kier molecular flexibility index (Phi) is 7.78. The van der Waals surface area contributed by atoms with Crippen LogP contribution in [0.2, 0.25) is 0 Å². The number of hydrogen-bond donors (Lipinski definition) is 3. The number of amides is 1. The highest BCUT2D eigenvalue weighted by atomic mass is 16.5. The Bertz CT molecular complexity index is 1260. The van der Waals surface area contributed by atoms with Crippen molar-refractivity contribution < 1.29 is 9.53 Å². The maximum atomic E-state index is 12.4. The molecule has 3 aromatic rings. The van der Waals surface area contributed by atoms with Gasteiger partial charge >= 0.3 is 0 Å². The largest absolute Gasteiger partial charge is 0.457 e. The predicted molar refractivity (Wildman–Crippen MR) is 139 cm³/mol. The molecule has 0 unspecified atom stereocenters. The Hall–Kier alpha value is -4.42. The topological polar surface area (TPSA) is 129 Å². The molecule has 1 saturated carbocycles. The summed E-state index contributed by atoms with van der Waals surface area (Å²) in [7, 11) is 3.76. The van der Waals surface area contributed by atoms with Crippen LogP contribution in [0.15, 0.2) is 72.6 Å². The highest BCUT2D eigenvalue weighted by Crippen LogP contribution is 2.34. The van der Waals surface area contributed by atoms with E-state index in [0.29, 0.717) is 36.8 Å². The summed E-state index contributed by atoms with van der Waals surface area (Å²) in [6, 6.07) is 19.3. The van der Waals surface area contributed by atoms with Crippen LogP contribution >= 0.6 is 0 Å². The van der Waals surface area contributed by atoms with Crippen LogP contribution in [-0.4, -0.2) is 53.5 Å². The zero-order chi connectivity index (χ0) is 25.5. The molecule has 1 fully saturated rings. The van der Waals surface area contributed by atoms with Crippen molar-refractivity contribution in [2.24, 2.45) is 0 Å². The molecule has 184 valence electrons. The van der Waals surface area contributed by atoms with Crippen molar-refractivity contribution >= 4 is 17.5 Å². The first-order valence-electron chi connectivity index (χ1n) is 11.7. The number of nitrogens with zero attached hydrogens (tertiary/aromatic N) is 4. The Morgan fingerprint density at radius 3 is 2.47 bits per heavy atom. The third-order valence-corrected chi connectivity index (χ3v) is 5.84.